The number of aryl methyl sites for hydroxylation is 1. The fraction of sp³-hybridized carbons (Fsp3) is 0.571. The maximum absolute atomic E-state index is 13.5. The molecule has 1 aromatic carbocycles. The first-order valence-corrected chi connectivity index (χ1v) is 6.02. The molecule has 0 aliphatic rings. The van der Waals surface area contributed by atoms with Crippen LogP contribution >= 0.6 is 0 Å². The van der Waals surface area contributed by atoms with E-state index in [0.717, 1.165) is 18.6 Å². The first kappa shape index (κ1) is 14.1. The van der Waals surface area contributed by atoms with Gasteiger partial charge in [0.15, 0.2) is 0 Å². The van der Waals surface area contributed by atoms with Crippen molar-refractivity contribution in [3.63, 3.8) is 0 Å². The maximum atomic E-state index is 13.5. The molecule has 1 aromatic rings. The molecule has 96 valence electrons. The van der Waals surface area contributed by atoms with E-state index < -0.39 is 0 Å². The summed E-state index contributed by atoms with van der Waals surface area (Å²) in [5, 5.41) is 3.25. The molecule has 2 atom stereocenters. The van der Waals surface area contributed by atoms with E-state index in [0.29, 0.717) is 11.5 Å². The molecule has 0 amide bonds. The molecule has 1 N–H and O–H groups in total. The van der Waals surface area contributed by atoms with E-state index in [1.54, 1.807) is 20.1 Å². The molecule has 0 bridgehead atoms. The van der Waals surface area contributed by atoms with Crippen LogP contribution in [0.15, 0.2) is 18.2 Å². The average molecular weight is 239 g/mol. The monoisotopic (exact) mass is 239 g/mol. The molecular formula is C14H22FNO. The number of ether oxygens (including phenoxy) is 1. The van der Waals surface area contributed by atoms with Crippen molar-refractivity contribution < 1.29 is 9.13 Å². The van der Waals surface area contributed by atoms with Gasteiger partial charge in [0.1, 0.15) is 5.82 Å². The summed E-state index contributed by atoms with van der Waals surface area (Å²) in [5.74, 6) is 0.267. The van der Waals surface area contributed by atoms with E-state index >= 15 is 0 Å². The maximum Gasteiger partial charge on any atom is 0.126 e. The quantitative estimate of drug-likeness (QED) is 0.823. The smallest absolute Gasteiger partial charge is 0.126 e. The standard InChI is InChI=1S/C14H22FNO/c1-10-5-6-12(9-13(10)15)14(16-3)11(2)7-8-17-4/h5-6,9,11,14,16H,7-8H2,1-4H3. The zero-order valence-corrected chi connectivity index (χ0v) is 11.1. The van der Waals surface area contributed by atoms with Crippen LogP contribution in [0.1, 0.15) is 30.5 Å². The van der Waals surface area contributed by atoms with Crippen molar-refractivity contribution in [3.8, 4) is 0 Å². The second-order valence-electron chi connectivity index (χ2n) is 4.53. The van der Waals surface area contributed by atoms with Crippen LogP contribution in [-0.2, 0) is 4.74 Å². The Labute approximate surface area is 103 Å². The first-order valence-electron chi connectivity index (χ1n) is 6.02. The van der Waals surface area contributed by atoms with Gasteiger partial charge in [-0.05, 0) is 43.5 Å². The first-order chi connectivity index (χ1) is 8.10. The minimum absolute atomic E-state index is 0.137. The van der Waals surface area contributed by atoms with Gasteiger partial charge < -0.3 is 10.1 Å². The highest BCUT2D eigenvalue weighted by Gasteiger charge is 2.18. The van der Waals surface area contributed by atoms with Crippen LogP contribution in [0.3, 0.4) is 0 Å². The molecular weight excluding hydrogens is 217 g/mol. The third kappa shape index (κ3) is 3.79. The van der Waals surface area contributed by atoms with Crippen LogP contribution in [-0.4, -0.2) is 20.8 Å². The Bertz CT molecular complexity index is 354. The van der Waals surface area contributed by atoms with E-state index in [4.69, 9.17) is 4.74 Å². The van der Waals surface area contributed by atoms with Crippen LogP contribution in [0.2, 0.25) is 0 Å². The van der Waals surface area contributed by atoms with Gasteiger partial charge in [-0.25, -0.2) is 4.39 Å². The lowest BCUT2D eigenvalue weighted by atomic mass is 9.91. The number of hydrogen-bond acceptors (Lipinski definition) is 2. The molecule has 0 fully saturated rings. The third-order valence-corrected chi connectivity index (χ3v) is 3.21. The molecule has 3 heteroatoms. The van der Waals surface area contributed by atoms with Crippen LogP contribution in [0.4, 0.5) is 4.39 Å². The molecule has 0 saturated carbocycles. The predicted octanol–water partition coefficient (Wildman–Crippen LogP) is 3.07. The van der Waals surface area contributed by atoms with Crippen molar-refractivity contribution in [2.24, 2.45) is 5.92 Å². The Kier molecular flexibility index (Phi) is 5.59. The van der Waals surface area contributed by atoms with Crippen molar-refractivity contribution in [1.29, 1.82) is 0 Å². The van der Waals surface area contributed by atoms with E-state index in [2.05, 4.69) is 12.2 Å². The minimum atomic E-state index is -0.137. The molecule has 0 spiro atoms. The van der Waals surface area contributed by atoms with Gasteiger partial charge in [0.2, 0.25) is 0 Å². The lowest BCUT2D eigenvalue weighted by molar-refractivity contribution is 0.171. The molecule has 0 saturated heterocycles. The van der Waals surface area contributed by atoms with Crippen molar-refractivity contribution in [1.82, 2.24) is 5.32 Å². The highest BCUT2D eigenvalue weighted by molar-refractivity contribution is 5.26. The van der Waals surface area contributed by atoms with Gasteiger partial charge in [0.05, 0.1) is 0 Å². The van der Waals surface area contributed by atoms with Gasteiger partial charge in [0, 0.05) is 19.8 Å². The van der Waals surface area contributed by atoms with E-state index in [1.807, 2.05) is 19.2 Å². The Morgan fingerprint density at radius 2 is 2.12 bits per heavy atom. The zero-order valence-electron chi connectivity index (χ0n) is 11.1. The van der Waals surface area contributed by atoms with Gasteiger partial charge in [-0.3, -0.25) is 0 Å². The van der Waals surface area contributed by atoms with Crippen LogP contribution in [0.25, 0.3) is 0 Å². The Hall–Kier alpha value is -0.930. The normalized spacial score (nSPS) is 14.6. The average Bonchev–Trinajstić information content (AvgIpc) is 2.32. The van der Waals surface area contributed by atoms with E-state index in [9.17, 15) is 4.39 Å². The molecule has 2 unspecified atom stereocenters. The molecule has 0 aliphatic heterocycles. The highest BCUT2D eigenvalue weighted by atomic mass is 19.1. The van der Waals surface area contributed by atoms with Gasteiger partial charge in [-0.1, -0.05) is 19.1 Å². The molecule has 0 aliphatic carbocycles. The van der Waals surface area contributed by atoms with Crippen LogP contribution in [0, 0.1) is 18.7 Å². The number of rotatable bonds is 6. The molecule has 0 radical (unpaired) electrons. The topological polar surface area (TPSA) is 21.3 Å². The fourth-order valence-electron chi connectivity index (χ4n) is 2.05. The van der Waals surface area contributed by atoms with Crippen LogP contribution in [0.5, 0.6) is 0 Å². The number of methoxy groups -OCH3 is 1. The summed E-state index contributed by atoms with van der Waals surface area (Å²) < 4.78 is 18.6. The van der Waals surface area contributed by atoms with Gasteiger partial charge >= 0.3 is 0 Å². The second-order valence-corrected chi connectivity index (χ2v) is 4.53. The van der Waals surface area contributed by atoms with E-state index in [1.165, 1.54) is 0 Å². The molecule has 1 rings (SSSR count). The summed E-state index contributed by atoms with van der Waals surface area (Å²) >= 11 is 0. The summed E-state index contributed by atoms with van der Waals surface area (Å²) in [7, 11) is 3.61. The molecule has 17 heavy (non-hydrogen) atoms. The summed E-state index contributed by atoms with van der Waals surface area (Å²) in [6.07, 6.45) is 0.956. The zero-order chi connectivity index (χ0) is 12.8. The largest absolute Gasteiger partial charge is 0.385 e. The summed E-state index contributed by atoms with van der Waals surface area (Å²) in [5.41, 5.74) is 1.69. The Morgan fingerprint density at radius 3 is 2.65 bits per heavy atom. The van der Waals surface area contributed by atoms with Crippen LogP contribution < -0.4 is 5.32 Å². The number of benzene rings is 1. The number of nitrogens with one attached hydrogen (secondary N) is 1. The number of hydrogen-bond donors (Lipinski definition) is 1. The van der Waals surface area contributed by atoms with Gasteiger partial charge in [-0.15, -0.1) is 0 Å². The summed E-state index contributed by atoms with van der Waals surface area (Å²) in [6, 6.07) is 5.61. The molecule has 2 nitrogen and oxygen atoms in total. The lowest BCUT2D eigenvalue weighted by Gasteiger charge is -2.24. The predicted molar refractivity (Wildman–Crippen MR) is 68.6 cm³/mol. The molecule has 0 heterocycles. The van der Waals surface area contributed by atoms with Gasteiger partial charge in [0.25, 0.3) is 0 Å². The third-order valence-electron chi connectivity index (χ3n) is 3.21. The van der Waals surface area contributed by atoms with Crippen molar-refractivity contribution in [3.05, 3.63) is 35.1 Å². The van der Waals surface area contributed by atoms with Crippen molar-refractivity contribution in [2.75, 3.05) is 20.8 Å². The summed E-state index contributed by atoms with van der Waals surface area (Å²) in [4.78, 5) is 0. The lowest BCUT2D eigenvalue weighted by Crippen LogP contribution is -2.24. The summed E-state index contributed by atoms with van der Waals surface area (Å²) in [6.45, 7) is 4.66. The molecule has 0 aromatic heterocycles. The SMILES string of the molecule is CNC(c1ccc(C)c(F)c1)C(C)CCOC. The Morgan fingerprint density at radius 1 is 1.41 bits per heavy atom. The Balaban J connectivity index is 2.81. The van der Waals surface area contributed by atoms with Gasteiger partial charge in [-0.2, -0.15) is 0 Å². The second kappa shape index (κ2) is 6.72. The minimum Gasteiger partial charge on any atom is -0.385 e. The number of halogens is 1. The highest BCUT2D eigenvalue weighted by Crippen LogP contribution is 2.25. The van der Waals surface area contributed by atoms with Crippen molar-refractivity contribution in [2.45, 2.75) is 26.3 Å². The fourth-order valence-corrected chi connectivity index (χ4v) is 2.05. The van der Waals surface area contributed by atoms with E-state index in [-0.39, 0.29) is 11.9 Å². The van der Waals surface area contributed by atoms with Crippen molar-refractivity contribution >= 4 is 0 Å².